The van der Waals surface area contributed by atoms with E-state index in [0.29, 0.717) is 28.8 Å². The van der Waals surface area contributed by atoms with Crippen molar-refractivity contribution >= 4 is 39.8 Å². The Kier molecular flexibility index (Phi) is 10.7. The Morgan fingerprint density at radius 2 is 1.94 bits per heavy atom. The van der Waals surface area contributed by atoms with Crippen molar-refractivity contribution in [1.82, 2.24) is 19.7 Å². The van der Waals surface area contributed by atoms with Crippen LogP contribution in [0.5, 0.6) is 5.88 Å². The summed E-state index contributed by atoms with van der Waals surface area (Å²) in [6.45, 7) is 10.1. The van der Waals surface area contributed by atoms with Crippen LogP contribution in [0.2, 0.25) is 0 Å². The Labute approximate surface area is 203 Å². The third-order valence-corrected chi connectivity index (χ3v) is 5.92. The summed E-state index contributed by atoms with van der Waals surface area (Å²) in [6.07, 6.45) is 7.08. The molecule has 3 aromatic rings. The average molecular weight is 484 g/mol. The SMILES string of the molecule is CC=Nc1cnc2nc(OC)ccc2c1C(C)C.CCCC(=O)NS(=O)c1ccc(CC)nc1. The number of carbonyl (C=O) groups excluding carboxylic acids is 1. The fourth-order valence-corrected chi connectivity index (χ4v) is 3.97. The maximum absolute atomic E-state index is 11.7. The zero-order chi connectivity index (χ0) is 25.1. The Balaban J connectivity index is 0.000000242. The molecule has 0 aromatic carbocycles. The summed E-state index contributed by atoms with van der Waals surface area (Å²) in [5, 5.41) is 1.04. The van der Waals surface area contributed by atoms with E-state index in [2.05, 4.69) is 38.5 Å². The molecule has 3 aromatic heterocycles. The molecule has 0 aliphatic carbocycles. The Morgan fingerprint density at radius 1 is 1.18 bits per heavy atom. The quantitative estimate of drug-likeness (QED) is 0.449. The van der Waals surface area contributed by atoms with Crippen LogP contribution in [0.3, 0.4) is 0 Å². The molecule has 0 radical (unpaired) electrons. The van der Waals surface area contributed by atoms with Crippen LogP contribution < -0.4 is 9.46 Å². The number of nitrogens with one attached hydrogen (secondary N) is 1. The number of ether oxygens (including phenoxy) is 1. The van der Waals surface area contributed by atoms with Crippen molar-refractivity contribution in [2.24, 2.45) is 4.99 Å². The molecule has 1 unspecified atom stereocenters. The van der Waals surface area contributed by atoms with Crippen LogP contribution in [-0.4, -0.2) is 38.4 Å². The highest BCUT2D eigenvalue weighted by atomic mass is 32.2. The number of fused-ring (bicyclic) bond motifs is 1. The number of carbonyl (C=O) groups is 1. The molecule has 0 fully saturated rings. The molecule has 3 heterocycles. The maximum atomic E-state index is 11.7. The number of rotatable bonds is 8. The summed E-state index contributed by atoms with van der Waals surface area (Å²) in [7, 11) is 0.117. The highest BCUT2D eigenvalue weighted by Gasteiger charge is 2.13. The largest absolute Gasteiger partial charge is 0.481 e. The Hall–Kier alpha value is -3.20. The van der Waals surface area contributed by atoms with E-state index < -0.39 is 11.0 Å². The van der Waals surface area contributed by atoms with Crippen LogP contribution in [-0.2, 0) is 22.2 Å². The topological polar surface area (TPSA) is 106 Å². The maximum Gasteiger partial charge on any atom is 0.231 e. The van der Waals surface area contributed by atoms with Gasteiger partial charge in [-0.3, -0.25) is 19.5 Å². The lowest BCUT2D eigenvalue weighted by atomic mass is 9.99. The molecule has 0 spiro atoms. The molecule has 1 N–H and O–H groups in total. The third-order valence-electron chi connectivity index (χ3n) is 4.84. The van der Waals surface area contributed by atoms with Crippen LogP contribution in [0.4, 0.5) is 5.69 Å². The summed E-state index contributed by atoms with van der Waals surface area (Å²) < 4.78 is 19.2. The van der Waals surface area contributed by atoms with Gasteiger partial charge in [0.05, 0.1) is 23.9 Å². The summed E-state index contributed by atoms with van der Waals surface area (Å²) >= 11 is 0. The molecular formula is C25H33N5O3S. The van der Waals surface area contributed by atoms with E-state index >= 15 is 0 Å². The number of aromatic nitrogens is 3. The normalized spacial score (nSPS) is 11.9. The molecule has 1 amide bonds. The lowest BCUT2D eigenvalue weighted by Crippen LogP contribution is -2.25. The first-order valence-corrected chi connectivity index (χ1v) is 12.5. The van der Waals surface area contributed by atoms with Crippen LogP contribution in [0.1, 0.15) is 64.6 Å². The van der Waals surface area contributed by atoms with Crippen molar-refractivity contribution in [3.8, 4) is 5.88 Å². The first kappa shape index (κ1) is 27.0. The molecule has 8 nitrogen and oxygen atoms in total. The molecule has 9 heteroatoms. The van der Waals surface area contributed by atoms with Crippen LogP contribution in [0.15, 0.2) is 46.5 Å². The standard InChI is InChI=1S/C14H17N3O.C11H16N2O2S/c1-5-15-11-8-16-14-10(13(11)9(2)3)6-7-12(17-14)18-4;1-3-5-11(14)13-16(15)10-7-6-9(4-2)12-8-10/h5-9H,1-4H3;6-8H,3-5H2,1-2H3,(H,13,14). The van der Waals surface area contributed by atoms with Gasteiger partial charge in [-0.25, -0.2) is 9.19 Å². The minimum atomic E-state index is -1.49. The van der Waals surface area contributed by atoms with E-state index in [1.54, 1.807) is 31.8 Å². The first-order valence-electron chi connectivity index (χ1n) is 11.3. The molecule has 182 valence electrons. The van der Waals surface area contributed by atoms with E-state index in [-0.39, 0.29) is 5.91 Å². The fraction of sp³-hybridized carbons (Fsp3) is 0.400. The molecular weight excluding hydrogens is 450 g/mol. The second kappa shape index (κ2) is 13.5. The molecule has 1 atom stereocenters. The van der Waals surface area contributed by atoms with Gasteiger partial charge in [-0.15, -0.1) is 0 Å². The van der Waals surface area contributed by atoms with E-state index in [9.17, 15) is 9.00 Å². The molecule has 34 heavy (non-hydrogen) atoms. The molecule has 0 saturated carbocycles. The second-order valence-electron chi connectivity index (χ2n) is 7.71. The van der Waals surface area contributed by atoms with E-state index in [0.717, 1.165) is 29.6 Å². The fourth-order valence-electron chi connectivity index (χ4n) is 3.20. The number of aliphatic imine (C=N–C) groups is 1. The number of aryl methyl sites for hydroxylation is 1. The van der Waals surface area contributed by atoms with Crippen LogP contribution in [0.25, 0.3) is 11.0 Å². The van der Waals surface area contributed by atoms with Crippen molar-refractivity contribution in [3.05, 3.63) is 47.9 Å². The van der Waals surface area contributed by atoms with Gasteiger partial charge in [0.1, 0.15) is 0 Å². The molecule has 3 rings (SSSR count). The highest BCUT2D eigenvalue weighted by molar-refractivity contribution is 7.83. The minimum absolute atomic E-state index is 0.194. The van der Waals surface area contributed by atoms with E-state index in [1.807, 2.05) is 39.0 Å². The predicted molar refractivity (Wildman–Crippen MR) is 137 cm³/mol. The van der Waals surface area contributed by atoms with Crippen molar-refractivity contribution in [3.63, 3.8) is 0 Å². The van der Waals surface area contributed by atoms with Gasteiger partial charge in [-0.05, 0) is 49.4 Å². The van der Waals surface area contributed by atoms with Crippen LogP contribution in [0, 0.1) is 0 Å². The number of amides is 1. The smallest absolute Gasteiger partial charge is 0.231 e. The van der Waals surface area contributed by atoms with Crippen molar-refractivity contribution < 1.29 is 13.7 Å². The van der Waals surface area contributed by atoms with Gasteiger partial charge in [0, 0.05) is 36.0 Å². The van der Waals surface area contributed by atoms with Gasteiger partial charge in [0.25, 0.3) is 0 Å². The van der Waals surface area contributed by atoms with Gasteiger partial charge >= 0.3 is 0 Å². The van der Waals surface area contributed by atoms with Gasteiger partial charge in [0.15, 0.2) is 16.6 Å². The van der Waals surface area contributed by atoms with Crippen molar-refractivity contribution in [1.29, 1.82) is 0 Å². The number of hydrogen-bond acceptors (Lipinski definition) is 7. The van der Waals surface area contributed by atoms with E-state index in [4.69, 9.17) is 4.74 Å². The molecule has 0 bridgehead atoms. The summed E-state index contributed by atoms with van der Waals surface area (Å²) in [6, 6.07) is 7.40. The number of hydrogen-bond donors (Lipinski definition) is 1. The van der Waals surface area contributed by atoms with Gasteiger partial charge < -0.3 is 4.74 Å². The van der Waals surface area contributed by atoms with Crippen LogP contribution >= 0.6 is 0 Å². The number of methoxy groups -OCH3 is 1. The Morgan fingerprint density at radius 3 is 2.50 bits per heavy atom. The van der Waals surface area contributed by atoms with Crippen molar-refractivity contribution in [2.45, 2.75) is 64.7 Å². The lowest BCUT2D eigenvalue weighted by molar-refractivity contribution is -0.119. The Bertz CT molecular complexity index is 1150. The number of nitrogens with zero attached hydrogens (tertiary/aromatic N) is 4. The summed E-state index contributed by atoms with van der Waals surface area (Å²) in [4.78, 5) is 29.0. The van der Waals surface area contributed by atoms with E-state index in [1.165, 1.54) is 5.56 Å². The summed E-state index contributed by atoms with van der Waals surface area (Å²) in [5.74, 6) is 0.751. The second-order valence-corrected chi connectivity index (χ2v) is 8.92. The zero-order valence-electron chi connectivity index (χ0n) is 20.7. The molecule has 0 aliphatic rings. The molecule has 0 saturated heterocycles. The van der Waals surface area contributed by atoms with Gasteiger partial charge in [0.2, 0.25) is 11.8 Å². The summed E-state index contributed by atoms with van der Waals surface area (Å²) in [5.41, 5.74) is 3.73. The monoisotopic (exact) mass is 483 g/mol. The third kappa shape index (κ3) is 7.41. The first-order chi connectivity index (χ1) is 16.3. The average Bonchev–Trinajstić information content (AvgIpc) is 2.84. The predicted octanol–water partition coefficient (Wildman–Crippen LogP) is 5.07. The van der Waals surface area contributed by atoms with Gasteiger partial charge in [-0.2, -0.15) is 4.98 Å². The minimum Gasteiger partial charge on any atom is -0.481 e. The number of pyridine rings is 3. The van der Waals surface area contributed by atoms with Crippen molar-refractivity contribution in [2.75, 3.05) is 7.11 Å². The van der Waals surface area contributed by atoms with Gasteiger partial charge in [-0.1, -0.05) is 27.7 Å². The highest BCUT2D eigenvalue weighted by Crippen LogP contribution is 2.32. The zero-order valence-corrected chi connectivity index (χ0v) is 21.5. The molecule has 0 aliphatic heterocycles. The lowest BCUT2D eigenvalue weighted by Gasteiger charge is -2.12.